The molecule has 0 aromatic heterocycles. The van der Waals surface area contributed by atoms with Crippen LogP contribution in [0.4, 0.5) is 0 Å². The SMILES string of the molecule is C[C@@H]1CC[C@@H](c2ccc(C(C)(C)O)cc2)NC1. The largest absolute Gasteiger partial charge is 0.386 e. The van der Waals surface area contributed by atoms with Gasteiger partial charge in [-0.25, -0.2) is 0 Å². The van der Waals surface area contributed by atoms with Crippen LogP contribution in [0.15, 0.2) is 24.3 Å². The van der Waals surface area contributed by atoms with Gasteiger partial charge in [0.1, 0.15) is 0 Å². The molecule has 94 valence electrons. The first-order valence-corrected chi connectivity index (χ1v) is 6.53. The van der Waals surface area contributed by atoms with Gasteiger partial charge in [-0.1, -0.05) is 31.2 Å². The van der Waals surface area contributed by atoms with Crippen LogP contribution in [0.5, 0.6) is 0 Å². The average molecular weight is 233 g/mol. The highest BCUT2D eigenvalue weighted by Gasteiger charge is 2.20. The summed E-state index contributed by atoms with van der Waals surface area (Å²) in [6, 6.07) is 8.84. The van der Waals surface area contributed by atoms with E-state index in [1.54, 1.807) is 0 Å². The van der Waals surface area contributed by atoms with E-state index in [1.165, 1.54) is 18.4 Å². The van der Waals surface area contributed by atoms with Crippen molar-refractivity contribution in [2.45, 2.75) is 45.3 Å². The summed E-state index contributed by atoms with van der Waals surface area (Å²) in [5.74, 6) is 0.793. The van der Waals surface area contributed by atoms with Gasteiger partial charge in [0.15, 0.2) is 0 Å². The minimum Gasteiger partial charge on any atom is -0.386 e. The molecule has 0 amide bonds. The van der Waals surface area contributed by atoms with E-state index < -0.39 is 5.60 Å². The molecule has 0 radical (unpaired) electrons. The maximum Gasteiger partial charge on any atom is 0.0840 e. The molecule has 0 aliphatic carbocycles. The number of nitrogens with one attached hydrogen (secondary N) is 1. The molecular weight excluding hydrogens is 210 g/mol. The van der Waals surface area contributed by atoms with Crippen molar-refractivity contribution in [1.29, 1.82) is 0 Å². The van der Waals surface area contributed by atoms with Crippen molar-refractivity contribution in [2.75, 3.05) is 6.54 Å². The third-order valence-electron chi connectivity index (χ3n) is 3.68. The van der Waals surface area contributed by atoms with Gasteiger partial charge >= 0.3 is 0 Å². The van der Waals surface area contributed by atoms with E-state index in [2.05, 4.69) is 24.4 Å². The first-order valence-electron chi connectivity index (χ1n) is 6.53. The minimum absolute atomic E-state index is 0.488. The molecule has 17 heavy (non-hydrogen) atoms. The van der Waals surface area contributed by atoms with Crippen LogP contribution in [-0.2, 0) is 5.60 Å². The fraction of sp³-hybridized carbons (Fsp3) is 0.600. The molecule has 0 spiro atoms. The van der Waals surface area contributed by atoms with E-state index in [1.807, 2.05) is 26.0 Å². The van der Waals surface area contributed by atoms with E-state index in [4.69, 9.17) is 0 Å². The molecular formula is C15H23NO. The Balaban J connectivity index is 2.08. The Morgan fingerprint density at radius 1 is 1.18 bits per heavy atom. The maximum atomic E-state index is 9.91. The molecule has 2 heteroatoms. The summed E-state index contributed by atoms with van der Waals surface area (Å²) in [5, 5.41) is 13.5. The molecule has 1 aromatic rings. The van der Waals surface area contributed by atoms with Crippen molar-refractivity contribution in [3.8, 4) is 0 Å². The van der Waals surface area contributed by atoms with E-state index in [0.717, 1.165) is 18.0 Å². The van der Waals surface area contributed by atoms with Crippen LogP contribution in [0.2, 0.25) is 0 Å². The lowest BCUT2D eigenvalue weighted by Gasteiger charge is -2.28. The summed E-state index contributed by atoms with van der Waals surface area (Å²) in [5.41, 5.74) is 1.57. The Morgan fingerprint density at radius 2 is 1.82 bits per heavy atom. The quantitative estimate of drug-likeness (QED) is 0.823. The molecule has 1 aromatic carbocycles. The molecule has 2 nitrogen and oxygen atoms in total. The second-order valence-corrected chi connectivity index (χ2v) is 5.82. The molecule has 0 saturated carbocycles. The minimum atomic E-state index is -0.743. The molecule has 1 aliphatic rings. The molecule has 2 N–H and O–H groups in total. The highest BCUT2D eigenvalue weighted by molar-refractivity contribution is 5.28. The summed E-state index contributed by atoms with van der Waals surface area (Å²) in [6.07, 6.45) is 2.51. The molecule has 0 bridgehead atoms. The zero-order valence-corrected chi connectivity index (χ0v) is 11.0. The number of hydrogen-bond donors (Lipinski definition) is 2. The summed E-state index contributed by atoms with van der Waals surface area (Å²) >= 11 is 0. The van der Waals surface area contributed by atoms with Crippen molar-refractivity contribution in [2.24, 2.45) is 5.92 Å². The van der Waals surface area contributed by atoms with Gasteiger partial charge in [0.25, 0.3) is 0 Å². The predicted octanol–water partition coefficient (Wildman–Crippen LogP) is 2.97. The Kier molecular flexibility index (Phi) is 3.55. The lowest BCUT2D eigenvalue weighted by molar-refractivity contribution is 0.0785. The fourth-order valence-electron chi connectivity index (χ4n) is 2.41. The smallest absolute Gasteiger partial charge is 0.0840 e. The summed E-state index contributed by atoms with van der Waals surface area (Å²) in [7, 11) is 0. The normalized spacial score (nSPS) is 25.9. The second kappa shape index (κ2) is 4.79. The Hall–Kier alpha value is -0.860. The van der Waals surface area contributed by atoms with Crippen LogP contribution < -0.4 is 5.32 Å². The topological polar surface area (TPSA) is 32.3 Å². The zero-order valence-electron chi connectivity index (χ0n) is 11.0. The number of benzene rings is 1. The van der Waals surface area contributed by atoms with Gasteiger partial charge in [0.2, 0.25) is 0 Å². The van der Waals surface area contributed by atoms with E-state index >= 15 is 0 Å². The Bertz CT molecular complexity index is 356. The maximum absolute atomic E-state index is 9.91. The van der Waals surface area contributed by atoms with E-state index in [9.17, 15) is 5.11 Å². The standard InChI is InChI=1S/C15H23NO/c1-11-4-9-14(16-10-11)12-5-7-13(8-6-12)15(2,3)17/h5-8,11,14,16-17H,4,9-10H2,1-3H3/t11-,14+/m1/s1. The third-order valence-corrected chi connectivity index (χ3v) is 3.68. The van der Waals surface area contributed by atoms with Crippen LogP contribution in [0, 0.1) is 5.92 Å². The predicted molar refractivity (Wildman–Crippen MR) is 70.8 cm³/mol. The Labute approximate surface area is 104 Å². The van der Waals surface area contributed by atoms with Gasteiger partial charge < -0.3 is 10.4 Å². The van der Waals surface area contributed by atoms with Crippen molar-refractivity contribution < 1.29 is 5.11 Å². The van der Waals surface area contributed by atoms with Crippen molar-refractivity contribution in [1.82, 2.24) is 5.32 Å². The second-order valence-electron chi connectivity index (χ2n) is 5.82. The van der Waals surface area contributed by atoms with Gasteiger partial charge in [-0.2, -0.15) is 0 Å². The molecule has 1 saturated heterocycles. The van der Waals surface area contributed by atoms with Crippen LogP contribution >= 0.6 is 0 Å². The van der Waals surface area contributed by atoms with Crippen LogP contribution in [0.3, 0.4) is 0 Å². The van der Waals surface area contributed by atoms with Crippen LogP contribution in [0.25, 0.3) is 0 Å². The van der Waals surface area contributed by atoms with Gasteiger partial charge in [-0.15, -0.1) is 0 Å². The van der Waals surface area contributed by atoms with Crippen molar-refractivity contribution >= 4 is 0 Å². The van der Waals surface area contributed by atoms with E-state index in [-0.39, 0.29) is 0 Å². The third kappa shape index (κ3) is 3.08. The Morgan fingerprint density at radius 3 is 2.29 bits per heavy atom. The molecule has 1 fully saturated rings. The summed E-state index contributed by atoms with van der Waals surface area (Å²) in [6.45, 7) is 7.05. The first-order chi connectivity index (χ1) is 7.97. The number of aliphatic hydroxyl groups is 1. The molecule has 2 rings (SSSR count). The van der Waals surface area contributed by atoms with Crippen molar-refractivity contribution in [3.05, 3.63) is 35.4 Å². The lowest BCUT2D eigenvalue weighted by Crippen LogP contribution is -2.31. The molecule has 1 heterocycles. The summed E-state index contributed by atoms with van der Waals surface area (Å²) < 4.78 is 0. The van der Waals surface area contributed by atoms with Crippen LogP contribution in [0.1, 0.15) is 50.8 Å². The zero-order chi connectivity index (χ0) is 12.5. The van der Waals surface area contributed by atoms with Gasteiger partial charge in [0.05, 0.1) is 5.60 Å². The van der Waals surface area contributed by atoms with Gasteiger partial charge in [-0.3, -0.25) is 0 Å². The van der Waals surface area contributed by atoms with Gasteiger partial charge in [-0.05, 0) is 50.3 Å². The van der Waals surface area contributed by atoms with Crippen LogP contribution in [-0.4, -0.2) is 11.7 Å². The average Bonchev–Trinajstić information content (AvgIpc) is 2.29. The number of rotatable bonds is 2. The highest BCUT2D eigenvalue weighted by Crippen LogP contribution is 2.27. The molecule has 1 aliphatic heterocycles. The molecule has 2 atom stereocenters. The van der Waals surface area contributed by atoms with E-state index in [0.29, 0.717) is 6.04 Å². The van der Waals surface area contributed by atoms with Crippen molar-refractivity contribution in [3.63, 3.8) is 0 Å². The first kappa shape index (κ1) is 12.6. The summed E-state index contributed by atoms with van der Waals surface area (Å²) in [4.78, 5) is 0. The number of piperidine rings is 1. The molecule has 0 unspecified atom stereocenters. The fourth-order valence-corrected chi connectivity index (χ4v) is 2.41. The van der Waals surface area contributed by atoms with Gasteiger partial charge in [0, 0.05) is 6.04 Å². The lowest BCUT2D eigenvalue weighted by atomic mass is 9.90. The number of hydrogen-bond acceptors (Lipinski definition) is 2. The monoisotopic (exact) mass is 233 g/mol. The highest BCUT2D eigenvalue weighted by atomic mass is 16.3.